The second kappa shape index (κ2) is 5.05. The maximum absolute atomic E-state index is 12.2. The number of ketones is 1. The molecule has 0 aromatic heterocycles. The monoisotopic (exact) mass is 249 g/mol. The van der Waals surface area contributed by atoms with E-state index in [1.165, 1.54) is 0 Å². The van der Waals surface area contributed by atoms with Crippen LogP contribution in [0, 0.1) is 5.41 Å². The van der Waals surface area contributed by atoms with Gasteiger partial charge in [0.25, 0.3) is 0 Å². The first-order valence-corrected chi connectivity index (χ1v) is 5.95. The average molecular weight is 249 g/mol. The molecular formula is C14H17O2S. The summed E-state index contributed by atoms with van der Waals surface area (Å²) in [5, 5.41) is 0. The predicted molar refractivity (Wildman–Crippen MR) is 72.0 cm³/mol. The van der Waals surface area contributed by atoms with E-state index in [-0.39, 0.29) is 12.2 Å². The Labute approximate surface area is 108 Å². The molecule has 1 unspecified atom stereocenters. The number of hydrogen-bond acceptors (Lipinski definition) is 3. The normalized spacial score (nSPS) is 15.1. The molecule has 1 aromatic carbocycles. The van der Waals surface area contributed by atoms with E-state index in [0.717, 1.165) is 5.56 Å². The van der Waals surface area contributed by atoms with Crippen LogP contribution in [0.2, 0.25) is 0 Å². The largest absolute Gasteiger partial charge is 0.297 e. The van der Waals surface area contributed by atoms with Crippen molar-refractivity contribution in [3.8, 4) is 0 Å². The van der Waals surface area contributed by atoms with E-state index in [9.17, 15) is 9.59 Å². The van der Waals surface area contributed by atoms with Gasteiger partial charge in [0, 0.05) is 11.8 Å². The molecule has 0 aliphatic heterocycles. The first kappa shape index (κ1) is 14.0. The fraction of sp³-hybridized carbons (Fsp3) is 0.429. The third-order valence-corrected chi connectivity index (χ3v) is 2.98. The maximum atomic E-state index is 12.2. The molecule has 0 fully saturated rings. The molecule has 0 N–H and O–H groups in total. The second-order valence-electron chi connectivity index (χ2n) is 5.20. The number of benzene rings is 1. The summed E-state index contributed by atoms with van der Waals surface area (Å²) in [6.07, 6.45) is 2.07. The summed E-state index contributed by atoms with van der Waals surface area (Å²) in [5.74, 6) is -0.202. The topological polar surface area (TPSA) is 34.1 Å². The van der Waals surface area contributed by atoms with E-state index in [1.807, 2.05) is 30.3 Å². The zero-order valence-corrected chi connectivity index (χ0v) is 11.3. The van der Waals surface area contributed by atoms with Gasteiger partial charge in [0.05, 0.1) is 0 Å². The van der Waals surface area contributed by atoms with Crippen molar-refractivity contribution in [1.29, 1.82) is 0 Å². The number of carbonyl (C=O) groups is 1. The summed E-state index contributed by atoms with van der Waals surface area (Å²) >= 11 is 4.25. The zero-order chi connectivity index (χ0) is 13.1. The molecule has 0 heterocycles. The van der Waals surface area contributed by atoms with Crippen LogP contribution >= 0.6 is 12.6 Å². The standard InChI is InChI=1S/C14H17O2S/c1-13(2,3)12(16)14(17,10-15)9-11-7-5-4-6-8-11/h4-8,17H,9H2,1-3H3. The fourth-order valence-corrected chi connectivity index (χ4v) is 2.19. The third kappa shape index (κ3) is 3.43. The van der Waals surface area contributed by atoms with E-state index in [0.29, 0.717) is 0 Å². The summed E-state index contributed by atoms with van der Waals surface area (Å²) in [4.78, 5) is 23.3. The molecule has 91 valence electrons. The summed E-state index contributed by atoms with van der Waals surface area (Å²) in [6, 6.07) is 9.38. The van der Waals surface area contributed by atoms with Crippen LogP contribution in [0.5, 0.6) is 0 Å². The highest BCUT2D eigenvalue weighted by atomic mass is 32.1. The summed E-state index contributed by atoms with van der Waals surface area (Å²) in [5.41, 5.74) is 0.303. The van der Waals surface area contributed by atoms with Gasteiger partial charge in [-0.25, -0.2) is 0 Å². The van der Waals surface area contributed by atoms with Crippen LogP contribution in [0.3, 0.4) is 0 Å². The van der Waals surface area contributed by atoms with Crippen molar-refractivity contribution in [3.63, 3.8) is 0 Å². The van der Waals surface area contributed by atoms with Crippen LogP contribution in [-0.2, 0) is 16.0 Å². The Kier molecular flexibility index (Phi) is 4.15. The Morgan fingerprint density at radius 1 is 1.24 bits per heavy atom. The van der Waals surface area contributed by atoms with E-state index in [1.54, 1.807) is 27.1 Å². The lowest BCUT2D eigenvalue weighted by molar-refractivity contribution is -0.127. The van der Waals surface area contributed by atoms with Crippen molar-refractivity contribution in [3.05, 3.63) is 35.9 Å². The van der Waals surface area contributed by atoms with Crippen LogP contribution in [0.15, 0.2) is 30.3 Å². The Balaban J connectivity index is 2.98. The summed E-state index contributed by atoms with van der Waals surface area (Å²) in [7, 11) is 0. The van der Waals surface area contributed by atoms with Gasteiger partial charge in [-0.3, -0.25) is 9.59 Å². The highest BCUT2D eigenvalue weighted by molar-refractivity contribution is 7.83. The molecule has 0 spiro atoms. The van der Waals surface area contributed by atoms with Gasteiger partial charge in [-0.05, 0) is 5.56 Å². The van der Waals surface area contributed by atoms with Gasteiger partial charge >= 0.3 is 0 Å². The predicted octanol–water partition coefficient (Wildman–Crippen LogP) is 2.62. The number of hydrogen-bond donors (Lipinski definition) is 1. The SMILES string of the molecule is CC(C)(C)C(=O)C(S)([C]=O)Cc1ccccc1. The van der Waals surface area contributed by atoms with Crippen LogP contribution in [0.4, 0.5) is 0 Å². The number of Topliss-reactive ketones (excluding diaryl/α,β-unsaturated/α-hetero) is 1. The smallest absolute Gasteiger partial charge is 0.223 e. The van der Waals surface area contributed by atoms with Crippen LogP contribution in [0.1, 0.15) is 26.3 Å². The van der Waals surface area contributed by atoms with Crippen molar-refractivity contribution >= 4 is 24.7 Å². The minimum atomic E-state index is -1.36. The highest BCUT2D eigenvalue weighted by Gasteiger charge is 2.41. The molecule has 0 aliphatic rings. The molecule has 3 heteroatoms. The molecular weight excluding hydrogens is 232 g/mol. The van der Waals surface area contributed by atoms with Gasteiger partial charge in [-0.15, -0.1) is 0 Å². The number of carbonyl (C=O) groups excluding carboxylic acids is 2. The van der Waals surface area contributed by atoms with Crippen LogP contribution in [-0.4, -0.2) is 16.8 Å². The van der Waals surface area contributed by atoms with Gasteiger partial charge in [-0.1, -0.05) is 51.1 Å². The second-order valence-corrected chi connectivity index (χ2v) is 5.97. The molecule has 0 aliphatic carbocycles. The first-order chi connectivity index (χ1) is 7.79. The minimum absolute atomic E-state index is 0.202. The molecule has 0 saturated carbocycles. The van der Waals surface area contributed by atoms with E-state index < -0.39 is 10.2 Å². The van der Waals surface area contributed by atoms with Crippen molar-refractivity contribution in [2.45, 2.75) is 31.9 Å². The lowest BCUT2D eigenvalue weighted by atomic mass is 9.80. The molecule has 1 aromatic rings. The average Bonchev–Trinajstić information content (AvgIpc) is 2.28. The number of thiol groups is 1. The first-order valence-electron chi connectivity index (χ1n) is 5.50. The maximum Gasteiger partial charge on any atom is 0.223 e. The quantitative estimate of drug-likeness (QED) is 0.657. The fourth-order valence-electron chi connectivity index (χ4n) is 1.67. The highest BCUT2D eigenvalue weighted by Crippen LogP contribution is 2.29. The summed E-state index contributed by atoms with van der Waals surface area (Å²) in [6.45, 7) is 5.34. The molecule has 1 radical (unpaired) electrons. The molecule has 1 rings (SSSR count). The van der Waals surface area contributed by atoms with E-state index in [4.69, 9.17) is 0 Å². The van der Waals surface area contributed by atoms with Gasteiger partial charge in [0.2, 0.25) is 6.29 Å². The Hall–Kier alpha value is -1.09. The molecule has 0 saturated heterocycles. The van der Waals surface area contributed by atoms with Gasteiger partial charge < -0.3 is 0 Å². The van der Waals surface area contributed by atoms with Crippen molar-refractivity contribution in [1.82, 2.24) is 0 Å². The Bertz CT molecular complexity index is 406. The lowest BCUT2D eigenvalue weighted by Gasteiger charge is -2.28. The van der Waals surface area contributed by atoms with Crippen LogP contribution < -0.4 is 0 Å². The molecule has 2 nitrogen and oxygen atoms in total. The zero-order valence-electron chi connectivity index (χ0n) is 10.4. The molecule has 17 heavy (non-hydrogen) atoms. The Morgan fingerprint density at radius 3 is 2.18 bits per heavy atom. The van der Waals surface area contributed by atoms with Crippen LogP contribution in [0.25, 0.3) is 0 Å². The molecule has 1 atom stereocenters. The van der Waals surface area contributed by atoms with Crippen molar-refractivity contribution < 1.29 is 9.59 Å². The van der Waals surface area contributed by atoms with Gasteiger partial charge in [-0.2, -0.15) is 12.6 Å². The third-order valence-electron chi connectivity index (χ3n) is 2.53. The van der Waals surface area contributed by atoms with Gasteiger partial charge in [0.15, 0.2) is 5.78 Å². The minimum Gasteiger partial charge on any atom is -0.297 e. The van der Waals surface area contributed by atoms with Gasteiger partial charge in [0.1, 0.15) is 4.75 Å². The molecule has 0 amide bonds. The lowest BCUT2D eigenvalue weighted by Crippen LogP contribution is -2.44. The molecule has 0 bridgehead atoms. The summed E-state index contributed by atoms with van der Waals surface area (Å²) < 4.78 is -1.36. The van der Waals surface area contributed by atoms with Crippen molar-refractivity contribution in [2.24, 2.45) is 5.41 Å². The Morgan fingerprint density at radius 2 is 1.76 bits per heavy atom. The van der Waals surface area contributed by atoms with E-state index >= 15 is 0 Å². The van der Waals surface area contributed by atoms with E-state index in [2.05, 4.69) is 12.6 Å². The number of rotatable bonds is 4. The van der Waals surface area contributed by atoms with Crippen molar-refractivity contribution in [2.75, 3.05) is 0 Å².